The highest BCUT2D eigenvalue weighted by atomic mass is 32.1. The van der Waals surface area contributed by atoms with E-state index in [1.54, 1.807) is 6.92 Å². The van der Waals surface area contributed by atoms with Crippen LogP contribution in [0.2, 0.25) is 0 Å². The molecule has 2 rings (SSSR count). The lowest BCUT2D eigenvalue weighted by molar-refractivity contribution is 0.386. The van der Waals surface area contributed by atoms with Gasteiger partial charge in [0.05, 0.1) is 6.54 Å². The molecule has 0 aromatic carbocycles. The van der Waals surface area contributed by atoms with Gasteiger partial charge in [-0.1, -0.05) is 5.16 Å². The van der Waals surface area contributed by atoms with Gasteiger partial charge in [-0.3, -0.25) is 9.67 Å². The van der Waals surface area contributed by atoms with Crippen LogP contribution in [-0.2, 0) is 6.54 Å². The topological polar surface area (TPSA) is 92.5 Å². The van der Waals surface area contributed by atoms with Crippen molar-refractivity contribution >= 4 is 12.2 Å². The Hall–Kier alpha value is -1.70. The number of hydrogen-bond acceptors (Lipinski definition) is 5. The molecule has 0 saturated carbocycles. The van der Waals surface area contributed by atoms with Gasteiger partial charge in [0.1, 0.15) is 0 Å². The number of hydrogen-bond donors (Lipinski definition) is 2. The van der Waals surface area contributed by atoms with E-state index in [-0.39, 0.29) is 12.2 Å². The summed E-state index contributed by atoms with van der Waals surface area (Å²) in [6, 6.07) is 0. The number of aryl methyl sites for hydroxylation is 1. The molecule has 0 atom stereocenters. The highest BCUT2D eigenvalue weighted by Gasteiger charge is 2.06. The van der Waals surface area contributed by atoms with Gasteiger partial charge in [0.15, 0.2) is 10.6 Å². The molecule has 0 aliphatic heterocycles. The van der Waals surface area contributed by atoms with Crippen LogP contribution in [0.25, 0.3) is 0 Å². The molecule has 2 aromatic rings. The zero-order valence-corrected chi connectivity index (χ0v) is 8.09. The van der Waals surface area contributed by atoms with E-state index in [4.69, 9.17) is 16.7 Å². The summed E-state index contributed by atoms with van der Waals surface area (Å²) in [5.41, 5.74) is -0.322. The Morgan fingerprint density at radius 1 is 1.57 bits per heavy atom. The van der Waals surface area contributed by atoms with E-state index in [1.165, 1.54) is 4.57 Å². The van der Waals surface area contributed by atoms with Gasteiger partial charge in [0.25, 0.3) is 0 Å². The molecule has 7 nitrogen and oxygen atoms in total. The predicted octanol–water partition coefficient (Wildman–Crippen LogP) is -0.0263. The average molecular weight is 213 g/mol. The van der Waals surface area contributed by atoms with Crippen molar-refractivity contribution in [1.29, 1.82) is 0 Å². The van der Waals surface area contributed by atoms with Gasteiger partial charge in [-0.05, 0) is 12.2 Å². The van der Waals surface area contributed by atoms with Crippen LogP contribution in [-0.4, -0.2) is 24.9 Å². The van der Waals surface area contributed by atoms with Crippen molar-refractivity contribution in [3.63, 3.8) is 0 Å². The molecule has 0 spiro atoms. The molecule has 74 valence electrons. The summed E-state index contributed by atoms with van der Waals surface area (Å²) < 4.78 is 6.37. The summed E-state index contributed by atoms with van der Waals surface area (Å²) in [5, 5.41) is 8.53. The second-order valence-electron chi connectivity index (χ2n) is 2.68. The molecule has 0 fully saturated rings. The molecule has 2 heterocycles. The first-order valence-electron chi connectivity index (χ1n) is 3.83. The molecule has 0 saturated heterocycles. The molecule has 2 aromatic heterocycles. The van der Waals surface area contributed by atoms with Crippen LogP contribution in [0.1, 0.15) is 11.7 Å². The van der Waals surface area contributed by atoms with E-state index < -0.39 is 0 Å². The maximum atomic E-state index is 11.2. The third kappa shape index (κ3) is 1.51. The third-order valence-electron chi connectivity index (χ3n) is 1.64. The summed E-state index contributed by atoms with van der Waals surface area (Å²) in [6.07, 6.45) is 0. The maximum absolute atomic E-state index is 11.2. The van der Waals surface area contributed by atoms with Crippen LogP contribution in [0, 0.1) is 11.7 Å². The van der Waals surface area contributed by atoms with Gasteiger partial charge in [-0.15, -0.1) is 0 Å². The highest BCUT2D eigenvalue weighted by Crippen LogP contribution is 1.96. The molecular weight excluding hydrogens is 206 g/mol. The Balaban J connectivity index is 2.36. The lowest BCUT2D eigenvalue weighted by atomic mass is 10.6. The first-order chi connectivity index (χ1) is 6.66. The standard InChI is InChI=1S/C6H7N5O2S/c1-3-7-4(10-13-3)2-11-5(12)8-9-6(11)14/h2H2,1H3,(H,8,12)(H,9,14). The van der Waals surface area contributed by atoms with Crippen LogP contribution in [0.5, 0.6) is 0 Å². The van der Waals surface area contributed by atoms with Crippen LogP contribution in [0.15, 0.2) is 9.32 Å². The van der Waals surface area contributed by atoms with E-state index in [1.807, 2.05) is 0 Å². The Labute approximate surface area is 82.8 Å². The minimum Gasteiger partial charge on any atom is -0.340 e. The fourth-order valence-electron chi connectivity index (χ4n) is 1.02. The SMILES string of the molecule is Cc1nc(Cn2c(=O)[nH][nH]c2=S)no1. The van der Waals surface area contributed by atoms with Gasteiger partial charge in [0.2, 0.25) is 5.89 Å². The van der Waals surface area contributed by atoms with Crippen molar-refractivity contribution < 1.29 is 4.52 Å². The van der Waals surface area contributed by atoms with E-state index >= 15 is 0 Å². The Bertz CT molecular complexity index is 519. The summed E-state index contributed by atoms with van der Waals surface area (Å²) in [4.78, 5) is 15.1. The van der Waals surface area contributed by atoms with Crippen molar-refractivity contribution in [2.24, 2.45) is 0 Å². The molecule has 0 radical (unpaired) electrons. The first-order valence-corrected chi connectivity index (χ1v) is 4.24. The quantitative estimate of drug-likeness (QED) is 0.683. The average Bonchev–Trinajstić information content (AvgIpc) is 2.67. The van der Waals surface area contributed by atoms with E-state index in [0.717, 1.165) is 0 Å². The molecule has 8 heteroatoms. The van der Waals surface area contributed by atoms with Crippen molar-refractivity contribution in [2.75, 3.05) is 0 Å². The van der Waals surface area contributed by atoms with Gasteiger partial charge in [0, 0.05) is 6.92 Å². The van der Waals surface area contributed by atoms with Crippen LogP contribution in [0.4, 0.5) is 0 Å². The largest absolute Gasteiger partial charge is 0.342 e. The van der Waals surface area contributed by atoms with Gasteiger partial charge in [-0.25, -0.2) is 9.89 Å². The number of nitrogens with one attached hydrogen (secondary N) is 2. The zero-order chi connectivity index (χ0) is 10.1. The number of nitrogens with zero attached hydrogens (tertiary/aromatic N) is 3. The molecular formula is C6H7N5O2S. The summed E-state index contributed by atoms with van der Waals surface area (Å²) in [5.74, 6) is 0.877. The molecule has 0 aliphatic rings. The summed E-state index contributed by atoms with van der Waals surface area (Å²) in [6.45, 7) is 1.88. The molecule has 0 unspecified atom stereocenters. The second kappa shape index (κ2) is 3.22. The van der Waals surface area contributed by atoms with Gasteiger partial charge >= 0.3 is 5.69 Å². The van der Waals surface area contributed by atoms with E-state index in [0.29, 0.717) is 16.5 Å². The maximum Gasteiger partial charge on any atom is 0.342 e. The lowest BCUT2D eigenvalue weighted by Gasteiger charge is -1.92. The van der Waals surface area contributed by atoms with Crippen molar-refractivity contribution in [1.82, 2.24) is 24.9 Å². The smallest absolute Gasteiger partial charge is 0.340 e. The fourth-order valence-corrected chi connectivity index (χ4v) is 1.22. The number of aromatic nitrogens is 5. The van der Waals surface area contributed by atoms with Crippen LogP contribution >= 0.6 is 12.2 Å². The second-order valence-corrected chi connectivity index (χ2v) is 3.06. The van der Waals surface area contributed by atoms with Gasteiger partial charge < -0.3 is 4.52 Å². The number of rotatable bonds is 2. The number of aromatic amines is 2. The minimum atomic E-state index is -0.322. The Morgan fingerprint density at radius 3 is 2.86 bits per heavy atom. The highest BCUT2D eigenvalue weighted by molar-refractivity contribution is 7.71. The zero-order valence-electron chi connectivity index (χ0n) is 7.27. The predicted molar refractivity (Wildman–Crippen MR) is 48.4 cm³/mol. The lowest BCUT2D eigenvalue weighted by Crippen LogP contribution is -2.18. The molecule has 2 N–H and O–H groups in total. The van der Waals surface area contributed by atoms with Crippen molar-refractivity contribution in [3.05, 3.63) is 27.0 Å². The van der Waals surface area contributed by atoms with E-state index in [2.05, 4.69) is 20.3 Å². The molecule has 0 amide bonds. The summed E-state index contributed by atoms with van der Waals surface area (Å²) >= 11 is 4.87. The fraction of sp³-hybridized carbons (Fsp3) is 0.333. The van der Waals surface area contributed by atoms with E-state index in [9.17, 15) is 4.79 Å². The molecule has 0 bridgehead atoms. The van der Waals surface area contributed by atoms with Crippen LogP contribution < -0.4 is 5.69 Å². The monoisotopic (exact) mass is 213 g/mol. The molecule has 14 heavy (non-hydrogen) atoms. The normalized spacial score (nSPS) is 10.6. The Morgan fingerprint density at radius 2 is 2.36 bits per heavy atom. The summed E-state index contributed by atoms with van der Waals surface area (Å²) in [7, 11) is 0. The Kier molecular flexibility index (Phi) is 2.04. The minimum absolute atomic E-state index is 0.203. The van der Waals surface area contributed by atoms with Crippen LogP contribution in [0.3, 0.4) is 0 Å². The number of H-pyrrole nitrogens is 2. The van der Waals surface area contributed by atoms with Gasteiger partial charge in [-0.2, -0.15) is 4.98 Å². The van der Waals surface area contributed by atoms with Crippen molar-refractivity contribution in [2.45, 2.75) is 13.5 Å². The van der Waals surface area contributed by atoms with Crippen molar-refractivity contribution in [3.8, 4) is 0 Å². The molecule has 0 aliphatic carbocycles. The third-order valence-corrected chi connectivity index (χ3v) is 1.96. The first kappa shape index (κ1) is 8.88.